The van der Waals surface area contributed by atoms with Crippen molar-refractivity contribution in [2.45, 2.75) is 39.3 Å². The minimum Gasteiger partial charge on any atom is -0.315 e. The van der Waals surface area contributed by atoms with Crippen LogP contribution in [0.15, 0.2) is 18.2 Å². The van der Waals surface area contributed by atoms with E-state index in [4.69, 9.17) is 0 Å². The molecule has 1 aromatic rings. The minimum absolute atomic E-state index is 0.499. The fourth-order valence-electron chi connectivity index (χ4n) is 2.56. The van der Waals surface area contributed by atoms with Crippen LogP contribution in [0.2, 0.25) is 0 Å². The first kappa shape index (κ1) is 12.6. The van der Waals surface area contributed by atoms with Crippen molar-refractivity contribution in [1.29, 1.82) is 0 Å². The van der Waals surface area contributed by atoms with Crippen molar-refractivity contribution in [3.05, 3.63) is 34.9 Å². The number of aryl methyl sites for hydroxylation is 2. The summed E-state index contributed by atoms with van der Waals surface area (Å²) in [6.45, 7) is 8.97. The molecule has 0 radical (unpaired) electrons. The fraction of sp³-hybridized carbons (Fsp3) is 0.600. The van der Waals surface area contributed by atoms with Crippen molar-refractivity contribution in [3.63, 3.8) is 0 Å². The van der Waals surface area contributed by atoms with Gasteiger partial charge in [0.25, 0.3) is 0 Å². The summed E-state index contributed by atoms with van der Waals surface area (Å²) >= 11 is 0. The number of likely N-dealkylation sites (N-methyl/N-ethyl adjacent to an activating group) is 1. The highest BCUT2D eigenvalue weighted by Gasteiger charge is 2.23. The summed E-state index contributed by atoms with van der Waals surface area (Å²) in [7, 11) is 2.25. The zero-order chi connectivity index (χ0) is 12.4. The Morgan fingerprint density at radius 3 is 2.65 bits per heavy atom. The van der Waals surface area contributed by atoms with Gasteiger partial charge in [0.15, 0.2) is 0 Å². The predicted octanol–water partition coefficient (Wildman–Crippen LogP) is 2.66. The van der Waals surface area contributed by atoms with Gasteiger partial charge in [-0.05, 0) is 57.5 Å². The van der Waals surface area contributed by atoms with E-state index >= 15 is 0 Å². The fourth-order valence-corrected chi connectivity index (χ4v) is 2.56. The third-order valence-corrected chi connectivity index (χ3v) is 4.23. The van der Waals surface area contributed by atoms with Crippen molar-refractivity contribution < 1.29 is 0 Å². The molecular weight excluding hydrogens is 208 g/mol. The molecule has 1 saturated heterocycles. The molecule has 0 amide bonds. The van der Waals surface area contributed by atoms with Gasteiger partial charge in [-0.25, -0.2) is 0 Å². The van der Waals surface area contributed by atoms with Gasteiger partial charge in [-0.3, -0.25) is 4.90 Å². The Balaban J connectivity index is 2.12. The first-order valence-electron chi connectivity index (χ1n) is 6.59. The van der Waals surface area contributed by atoms with Gasteiger partial charge in [0.05, 0.1) is 0 Å². The van der Waals surface area contributed by atoms with E-state index in [1.807, 2.05) is 0 Å². The molecule has 1 N–H and O–H groups in total. The average molecular weight is 232 g/mol. The second kappa shape index (κ2) is 5.19. The number of hydrogen-bond donors (Lipinski definition) is 1. The van der Waals surface area contributed by atoms with E-state index in [0.29, 0.717) is 12.1 Å². The summed E-state index contributed by atoms with van der Waals surface area (Å²) in [6.07, 6.45) is 1.27. The molecule has 1 heterocycles. The molecule has 0 aromatic heterocycles. The molecule has 2 atom stereocenters. The van der Waals surface area contributed by atoms with Crippen molar-refractivity contribution in [2.24, 2.45) is 0 Å². The molecule has 94 valence electrons. The van der Waals surface area contributed by atoms with Crippen LogP contribution in [0.1, 0.15) is 36.1 Å². The highest BCUT2D eigenvalue weighted by molar-refractivity contribution is 5.31. The molecule has 2 nitrogen and oxygen atoms in total. The van der Waals surface area contributed by atoms with Crippen LogP contribution in [-0.2, 0) is 0 Å². The molecule has 0 spiro atoms. The Hall–Kier alpha value is -0.860. The second-order valence-corrected chi connectivity index (χ2v) is 5.33. The Kier molecular flexibility index (Phi) is 3.85. The van der Waals surface area contributed by atoms with Gasteiger partial charge in [-0.1, -0.05) is 18.2 Å². The molecule has 2 unspecified atom stereocenters. The van der Waals surface area contributed by atoms with Crippen LogP contribution in [-0.4, -0.2) is 31.1 Å². The van der Waals surface area contributed by atoms with E-state index in [1.54, 1.807) is 0 Å². The maximum Gasteiger partial charge on any atom is 0.0320 e. The largest absolute Gasteiger partial charge is 0.315 e. The van der Waals surface area contributed by atoms with Crippen molar-refractivity contribution >= 4 is 0 Å². The topological polar surface area (TPSA) is 15.3 Å². The standard InChI is InChI=1S/C15H24N2/c1-11-5-6-14(9-12(11)2)13(3)17(4)15-7-8-16-10-15/h5-6,9,13,15-16H,7-8,10H2,1-4H3. The summed E-state index contributed by atoms with van der Waals surface area (Å²) in [6, 6.07) is 8.03. The van der Waals surface area contributed by atoms with Crippen LogP contribution in [0.4, 0.5) is 0 Å². The van der Waals surface area contributed by atoms with E-state index in [0.717, 1.165) is 13.1 Å². The van der Waals surface area contributed by atoms with E-state index in [2.05, 4.69) is 56.2 Å². The Morgan fingerprint density at radius 2 is 2.06 bits per heavy atom. The highest BCUT2D eigenvalue weighted by atomic mass is 15.2. The molecule has 2 heteroatoms. The van der Waals surface area contributed by atoms with Gasteiger partial charge in [-0.2, -0.15) is 0 Å². The van der Waals surface area contributed by atoms with Crippen LogP contribution >= 0.6 is 0 Å². The van der Waals surface area contributed by atoms with Gasteiger partial charge in [-0.15, -0.1) is 0 Å². The monoisotopic (exact) mass is 232 g/mol. The van der Waals surface area contributed by atoms with E-state index in [1.165, 1.54) is 23.1 Å². The normalized spacial score (nSPS) is 22.1. The number of nitrogens with zero attached hydrogens (tertiary/aromatic N) is 1. The smallest absolute Gasteiger partial charge is 0.0320 e. The lowest BCUT2D eigenvalue weighted by atomic mass is 10.00. The number of hydrogen-bond acceptors (Lipinski definition) is 2. The van der Waals surface area contributed by atoms with E-state index < -0.39 is 0 Å². The Bertz CT molecular complexity index is 381. The third kappa shape index (κ3) is 2.70. The van der Waals surface area contributed by atoms with Crippen molar-refractivity contribution in [3.8, 4) is 0 Å². The lowest BCUT2D eigenvalue weighted by Crippen LogP contribution is -2.35. The van der Waals surface area contributed by atoms with Gasteiger partial charge in [0.1, 0.15) is 0 Å². The van der Waals surface area contributed by atoms with Gasteiger partial charge in [0, 0.05) is 18.6 Å². The molecule has 2 rings (SSSR count). The summed E-state index contributed by atoms with van der Waals surface area (Å²) < 4.78 is 0. The second-order valence-electron chi connectivity index (χ2n) is 5.33. The van der Waals surface area contributed by atoms with E-state index in [9.17, 15) is 0 Å². The molecule has 1 fully saturated rings. The van der Waals surface area contributed by atoms with Crippen LogP contribution in [0.3, 0.4) is 0 Å². The highest BCUT2D eigenvalue weighted by Crippen LogP contribution is 2.24. The maximum absolute atomic E-state index is 3.44. The summed E-state index contributed by atoms with van der Waals surface area (Å²) in [4.78, 5) is 2.50. The summed E-state index contributed by atoms with van der Waals surface area (Å²) in [5.41, 5.74) is 4.21. The molecular formula is C15H24N2. The molecule has 0 saturated carbocycles. The number of rotatable bonds is 3. The molecule has 17 heavy (non-hydrogen) atoms. The van der Waals surface area contributed by atoms with Crippen molar-refractivity contribution in [1.82, 2.24) is 10.2 Å². The van der Waals surface area contributed by atoms with Crippen LogP contribution in [0.25, 0.3) is 0 Å². The van der Waals surface area contributed by atoms with Crippen LogP contribution < -0.4 is 5.32 Å². The van der Waals surface area contributed by atoms with Crippen LogP contribution in [0.5, 0.6) is 0 Å². The molecule has 1 aliphatic rings. The summed E-state index contributed by atoms with van der Waals surface area (Å²) in [5.74, 6) is 0. The zero-order valence-corrected chi connectivity index (χ0v) is 11.5. The average Bonchev–Trinajstić information content (AvgIpc) is 2.84. The van der Waals surface area contributed by atoms with Gasteiger partial charge < -0.3 is 5.32 Å². The first-order valence-corrected chi connectivity index (χ1v) is 6.59. The lowest BCUT2D eigenvalue weighted by Gasteiger charge is -2.30. The van der Waals surface area contributed by atoms with E-state index in [-0.39, 0.29) is 0 Å². The molecule has 0 bridgehead atoms. The van der Waals surface area contributed by atoms with Gasteiger partial charge in [0.2, 0.25) is 0 Å². The quantitative estimate of drug-likeness (QED) is 0.862. The Labute approximate surface area is 105 Å². The summed E-state index contributed by atoms with van der Waals surface area (Å²) in [5, 5.41) is 3.44. The number of nitrogens with one attached hydrogen (secondary N) is 1. The Morgan fingerprint density at radius 1 is 1.29 bits per heavy atom. The zero-order valence-electron chi connectivity index (χ0n) is 11.5. The number of benzene rings is 1. The predicted molar refractivity (Wildman–Crippen MR) is 73.4 cm³/mol. The SMILES string of the molecule is Cc1ccc(C(C)N(C)C2CCNC2)cc1C. The first-order chi connectivity index (χ1) is 8.09. The minimum atomic E-state index is 0.499. The molecule has 1 aliphatic heterocycles. The van der Waals surface area contributed by atoms with Gasteiger partial charge >= 0.3 is 0 Å². The molecule has 1 aromatic carbocycles. The lowest BCUT2D eigenvalue weighted by molar-refractivity contribution is 0.197. The van der Waals surface area contributed by atoms with Crippen LogP contribution in [0, 0.1) is 13.8 Å². The maximum atomic E-state index is 3.44. The van der Waals surface area contributed by atoms with Crippen molar-refractivity contribution in [2.75, 3.05) is 20.1 Å². The molecule has 0 aliphatic carbocycles. The third-order valence-electron chi connectivity index (χ3n) is 4.23.